The summed E-state index contributed by atoms with van der Waals surface area (Å²) >= 11 is 0. The van der Waals surface area contributed by atoms with E-state index in [-0.39, 0.29) is 29.6 Å². The fourth-order valence-corrected chi connectivity index (χ4v) is 4.87. The number of halogens is 1. The summed E-state index contributed by atoms with van der Waals surface area (Å²) in [7, 11) is 1.58. The molecule has 2 aromatic carbocycles. The smallest absolute Gasteiger partial charge is 0.251 e. The van der Waals surface area contributed by atoms with Gasteiger partial charge in [0.25, 0.3) is 5.91 Å². The Bertz CT molecular complexity index is 1160. The Kier molecular flexibility index (Phi) is 6.83. The summed E-state index contributed by atoms with van der Waals surface area (Å²) < 4.78 is 20.1. The molecular formula is C27H32FN3O4. The lowest BCUT2D eigenvalue weighted by Crippen LogP contribution is -2.46. The number of nitrogens with zero attached hydrogens (tertiary/aromatic N) is 1. The molecule has 3 amide bonds. The first-order chi connectivity index (χ1) is 16.6. The highest BCUT2D eigenvalue weighted by Crippen LogP contribution is 2.35. The Morgan fingerprint density at radius 3 is 2.60 bits per heavy atom. The van der Waals surface area contributed by atoms with Crippen LogP contribution in [0, 0.1) is 11.7 Å². The number of benzene rings is 2. The van der Waals surface area contributed by atoms with Crippen LogP contribution in [0.15, 0.2) is 36.4 Å². The maximum Gasteiger partial charge on any atom is 0.251 e. The molecule has 0 aromatic heterocycles. The number of methoxy groups -OCH3 is 1. The number of hydrogen-bond donors (Lipinski definition) is 2. The van der Waals surface area contributed by atoms with E-state index in [2.05, 4.69) is 10.6 Å². The Balaban J connectivity index is 1.62. The summed E-state index contributed by atoms with van der Waals surface area (Å²) in [5, 5.41) is 5.57. The maximum absolute atomic E-state index is 14.8. The maximum atomic E-state index is 14.8. The number of carbonyl (C=O) groups is 3. The van der Waals surface area contributed by atoms with Crippen LogP contribution in [0.2, 0.25) is 0 Å². The molecule has 8 heteroatoms. The van der Waals surface area contributed by atoms with Crippen molar-refractivity contribution in [2.24, 2.45) is 5.92 Å². The van der Waals surface area contributed by atoms with Crippen LogP contribution < -0.4 is 15.4 Å². The van der Waals surface area contributed by atoms with Crippen LogP contribution in [0.5, 0.6) is 5.75 Å². The zero-order chi connectivity index (χ0) is 25.3. The Morgan fingerprint density at radius 1 is 1.20 bits per heavy atom. The second-order valence-corrected chi connectivity index (χ2v) is 10.3. The van der Waals surface area contributed by atoms with E-state index < -0.39 is 17.8 Å². The van der Waals surface area contributed by atoms with E-state index in [1.807, 2.05) is 32.9 Å². The predicted octanol–water partition coefficient (Wildman–Crippen LogP) is 3.72. The molecule has 186 valence electrons. The quantitative estimate of drug-likeness (QED) is 0.681. The normalized spacial score (nSPS) is 19.7. The standard InChI is InChI=1S/C27H32FN3O4/c1-27(2,3)21-8-5-18(14-22(21)28)30-26(34)25-20-7-6-19(35-4)13-17(20)9-10-31(25)24(33)12-16-11-23(32)29-15-16/h5-8,13-14,16,25H,9-12,15H2,1-4H3,(H,29,32)(H,30,34). The van der Waals surface area contributed by atoms with Gasteiger partial charge in [-0.15, -0.1) is 0 Å². The van der Waals surface area contributed by atoms with Crippen molar-refractivity contribution in [2.75, 3.05) is 25.5 Å². The Hall–Kier alpha value is -3.42. The van der Waals surface area contributed by atoms with E-state index in [1.54, 1.807) is 30.2 Å². The van der Waals surface area contributed by atoms with Crippen molar-refractivity contribution in [2.45, 2.75) is 51.5 Å². The van der Waals surface area contributed by atoms with Gasteiger partial charge in [-0.05, 0) is 58.7 Å². The van der Waals surface area contributed by atoms with Crippen molar-refractivity contribution in [1.82, 2.24) is 10.2 Å². The summed E-state index contributed by atoms with van der Waals surface area (Å²) in [4.78, 5) is 40.0. The molecule has 0 saturated carbocycles. The van der Waals surface area contributed by atoms with Gasteiger partial charge in [-0.2, -0.15) is 0 Å². The van der Waals surface area contributed by atoms with Crippen molar-refractivity contribution in [1.29, 1.82) is 0 Å². The molecule has 2 aliphatic rings. The lowest BCUT2D eigenvalue weighted by atomic mass is 9.86. The van der Waals surface area contributed by atoms with Crippen LogP contribution in [0.3, 0.4) is 0 Å². The number of nitrogens with one attached hydrogen (secondary N) is 2. The molecule has 4 rings (SSSR count). The molecule has 1 fully saturated rings. The fourth-order valence-electron chi connectivity index (χ4n) is 4.87. The summed E-state index contributed by atoms with van der Waals surface area (Å²) in [5.41, 5.74) is 2.17. The minimum Gasteiger partial charge on any atom is -0.497 e. The SMILES string of the molecule is COc1ccc2c(c1)CCN(C(=O)CC1CNC(=O)C1)C2C(=O)Nc1ccc(C(C)(C)C)c(F)c1. The molecule has 2 heterocycles. The molecule has 0 aliphatic carbocycles. The van der Waals surface area contributed by atoms with Gasteiger partial charge in [-0.1, -0.05) is 32.9 Å². The van der Waals surface area contributed by atoms with Gasteiger partial charge in [0.1, 0.15) is 17.6 Å². The number of amides is 3. The van der Waals surface area contributed by atoms with Crippen LogP contribution in [-0.2, 0) is 26.2 Å². The lowest BCUT2D eigenvalue weighted by Gasteiger charge is -2.37. The number of fused-ring (bicyclic) bond motifs is 1. The summed E-state index contributed by atoms with van der Waals surface area (Å²) in [6.07, 6.45) is 1.07. The highest BCUT2D eigenvalue weighted by molar-refractivity contribution is 5.98. The molecule has 2 aromatic rings. The predicted molar refractivity (Wildman–Crippen MR) is 131 cm³/mol. The van der Waals surface area contributed by atoms with Gasteiger partial charge >= 0.3 is 0 Å². The third-order valence-corrected chi connectivity index (χ3v) is 6.72. The number of hydrogen-bond acceptors (Lipinski definition) is 4. The molecular weight excluding hydrogens is 449 g/mol. The van der Waals surface area contributed by atoms with E-state index in [4.69, 9.17) is 4.74 Å². The van der Waals surface area contributed by atoms with Gasteiger partial charge in [0.15, 0.2) is 0 Å². The van der Waals surface area contributed by atoms with Gasteiger partial charge in [0.05, 0.1) is 7.11 Å². The van der Waals surface area contributed by atoms with Crippen LogP contribution in [0.1, 0.15) is 56.3 Å². The first-order valence-electron chi connectivity index (χ1n) is 11.9. The van der Waals surface area contributed by atoms with E-state index in [0.717, 1.165) is 11.1 Å². The van der Waals surface area contributed by atoms with Crippen molar-refractivity contribution in [3.05, 3.63) is 58.9 Å². The number of ether oxygens (including phenoxy) is 1. The van der Waals surface area contributed by atoms with Crippen molar-refractivity contribution in [3.8, 4) is 5.75 Å². The summed E-state index contributed by atoms with van der Waals surface area (Å²) in [6, 6.07) is 9.27. The van der Waals surface area contributed by atoms with Gasteiger partial charge in [0, 0.05) is 31.6 Å². The molecule has 2 unspecified atom stereocenters. The second kappa shape index (κ2) is 9.68. The molecule has 35 heavy (non-hydrogen) atoms. The Morgan fingerprint density at radius 2 is 1.97 bits per heavy atom. The Labute approximate surface area is 205 Å². The van der Waals surface area contributed by atoms with Crippen molar-refractivity contribution in [3.63, 3.8) is 0 Å². The van der Waals surface area contributed by atoms with E-state index in [1.165, 1.54) is 6.07 Å². The highest BCUT2D eigenvalue weighted by Gasteiger charge is 2.37. The van der Waals surface area contributed by atoms with Crippen molar-refractivity contribution < 1.29 is 23.5 Å². The van der Waals surface area contributed by atoms with Crippen LogP contribution in [-0.4, -0.2) is 42.8 Å². The molecule has 2 atom stereocenters. The van der Waals surface area contributed by atoms with Gasteiger partial charge < -0.3 is 20.3 Å². The topological polar surface area (TPSA) is 87.7 Å². The molecule has 0 bridgehead atoms. The van der Waals surface area contributed by atoms with E-state index in [9.17, 15) is 18.8 Å². The molecule has 0 radical (unpaired) electrons. The van der Waals surface area contributed by atoms with E-state index in [0.29, 0.717) is 42.9 Å². The first-order valence-corrected chi connectivity index (χ1v) is 11.9. The molecule has 0 spiro atoms. The number of rotatable bonds is 5. The average Bonchev–Trinajstić information content (AvgIpc) is 3.21. The number of anilines is 1. The first kappa shape index (κ1) is 24.7. The molecule has 1 saturated heterocycles. The fraction of sp³-hybridized carbons (Fsp3) is 0.444. The molecule has 2 N–H and O–H groups in total. The van der Waals surface area contributed by atoms with E-state index >= 15 is 0 Å². The van der Waals surface area contributed by atoms with Gasteiger partial charge in [0.2, 0.25) is 11.8 Å². The zero-order valence-electron chi connectivity index (χ0n) is 20.6. The van der Waals surface area contributed by atoms with Crippen molar-refractivity contribution >= 4 is 23.4 Å². The summed E-state index contributed by atoms with van der Waals surface area (Å²) in [6.45, 7) is 6.60. The highest BCUT2D eigenvalue weighted by atomic mass is 19.1. The number of carbonyl (C=O) groups excluding carboxylic acids is 3. The third kappa shape index (κ3) is 5.31. The summed E-state index contributed by atoms with van der Waals surface area (Å²) in [5.74, 6) is -0.451. The average molecular weight is 482 g/mol. The minimum absolute atomic E-state index is 0.0612. The van der Waals surface area contributed by atoms with Crippen LogP contribution in [0.25, 0.3) is 0 Å². The zero-order valence-corrected chi connectivity index (χ0v) is 20.6. The molecule has 2 aliphatic heterocycles. The largest absolute Gasteiger partial charge is 0.497 e. The molecule has 7 nitrogen and oxygen atoms in total. The third-order valence-electron chi connectivity index (χ3n) is 6.72. The lowest BCUT2D eigenvalue weighted by molar-refractivity contribution is -0.140. The second-order valence-electron chi connectivity index (χ2n) is 10.3. The van der Waals surface area contributed by atoms with Gasteiger partial charge in [-0.25, -0.2) is 4.39 Å². The monoisotopic (exact) mass is 481 g/mol. The van der Waals surface area contributed by atoms with Crippen LogP contribution >= 0.6 is 0 Å². The van der Waals surface area contributed by atoms with Crippen LogP contribution in [0.4, 0.5) is 10.1 Å². The minimum atomic E-state index is -0.868. The van der Waals surface area contributed by atoms with Gasteiger partial charge in [-0.3, -0.25) is 14.4 Å².